The second-order valence-electron chi connectivity index (χ2n) is 7.25. The number of carbonyl (C=O) groups is 1. The molecular weight excluding hydrogens is 445 g/mol. The zero-order valence-corrected chi connectivity index (χ0v) is 18.2. The summed E-state index contributed by atoms with van der Waals surface area (Å²) in [6.45, 7) is 3.02. The van der Waals surface area contributed by atoms with Crippen LogP contribution in [0.3, 0.4) is 0 Å². The molecule has 172 valence electrons. The summed E-state index contributed by atoms with van der Waals surface area (Å²) >= 11 is 5.63. The molecule has 1 heterocycles. The van der Waals surface area contributed by atoms with Gasteiger partial charge in [0.05, 0.1) is 37.0 Å². The first kappa shape index (κ1) is 24.1. The summed E-state index contributed by atoms with van der Waals surface area (Å²) < 4.78 is 49.7. The molecule has 1 atom stereocenters. The minimum atomic E-state index is -4.56. The van der Waals surface area contributed by atoms with E-state index in [1.807, 2.05) is 24.3 Å². The van der Waals surface area contributed by atoms with E-state index < -0.39 is 17.6 Å². The lowest BCUT2D eigenvalue weighted by atomic mass is 10.0. The van der Waals surface area contributed by atoms with Gasteiger partial charge >= 0.3 is 6.18 Å². The number of ether oxygens (including phenoxy) is 2. The molecule has 1 aliphatic heterocycles. The Kier molecular flexibility index (Phi) is 8.17. The number of halogens is 4. The van der Waals surface area contributed by atoms with Crippen LogP contribution in [0.4, 0.5) is 13.2 Å². The van der Waals surface area contributed by atoms with Crippen LogP contribution in [0.2, 0.25) is 5.02 Å². The summed E-state index contributed by atoms with van der Waals surface area (Å²) in [7, 11) is 1.60. The van der Waals surface area contributed by atoms with Crippen LogP contribution in [-0.4, -0.2) is 50.8 Å². The quantitative estimate of drug-likeness (QED) is 0.605. The van der Waals surface area contributed by atoms with Crippen LogP contribution >= 0.6 is 11.6 Å². The minimum Gasteiger partial charge on any atom is -0.497 e. The average Bonchev–Trinajstić information content (AvgIpc) is 2.79. The van der Waals surface area contributed by atoms with Crippen LogP contribution in [-0.2, 0) is 15.7 Å². The Balaban J connectivity index is 1.68. The molecule has 0 radical (unpaired) electrons. The Morgan fingerprint density at radius 1 is 1.22 bits per heavy atom. The summed E-state index contributed by atoms with van der Waals surface area (Å²) in [6, 6.07) is 11.1. The van der Waals surface area contributed by atoms with E-state index in [-0.39, 0.29) is 16.6 Å². The normalized spacial score (nSPS) is 16.2. The largest absolute Gasteiger partial charge is 0.497 e. The fourth-order valence-electron chi connectivity index (χ4n) is 3.46. The van der Waals surface area contributed by atoms with Gasteiger partial charge in [-0.15, -0.1) is 0 Å². The molecule has 0 aromatic heterocycles. The van der Waals surface area contributed by atoms with E-state index in [4.69, 9.17) is 21.1 Å². The number of hydrogen-bond acceptors (Lipinski definition) is 4. The number of alkyl halides is 3. The third-order valence-electron chi connectivity index (χ3n) is 5.18. The molecular formula is C23H24ClF3N2O3. The molecule has 1 fully saturated rings. The lowest BCUT2D eigenvalue weighted by Gasteiger charge is -2.34. The first-order valence-electron chi connectivity index (χ1n) is 10.1. The monoisotopic (exact) mass is 468 g/mol. The van der Waals surface area contributed by atoms with Crippen molar-refractivity contribution in [2.24, 2.45) is 0 Å². The third-order valence-corrected chi connectivity index (χ3v) is 5.51. The fourth-order valence-corrected chi connectivity index (χ4v) is 3.69. The van der Waals surface area contributed by atoms with Crippen molar-refractivity contribution in [2.75, 3.05) is 40.0 Å². The number of carbonyl (C=O) groups excluding carboxylic acids is 1. The predicted octanol–water partition coefficient (Wildman–Crippen LogP) is 4.57. The Hall–Kier alpha value is -2.55. The summed E-state index contributed by atoms with van der Waals surface area (Å²) in [4.78, 5) is 14.6. The summed E-state index contributed by atoms with van der Waals surface area (Å²) in [6.07, 6.45) is -2.02. The molecule has 1 saturated heterocycles. The second kappa shape index (κ2) is 10.8. The van der Waals surface area contributed by atoms with E-state index in [2.05, 4.69) is 10.2 Å². The van der Waals surface area contributed by atoms with Gasteiger partial charge in [-0.05, 0) is 41.5 Å². The first-order valence-corrected chi connectivity index (χ1v) is 10.4. The second-order valence-corrected chi connectivity index (χ2v) is 7.66. The van der Waals surface area contributed by atoms with Gasteiger partial charge < -0.3 is 14.8 Å². The summed E-state index contributed by atoms with van der Waals surface area (Å²) in [5.41, 5.74) is 0.315. The molecule has 2 aromatic carbocycles. The van der Waals surface area contributed by atoms with Gasteiger partial charge in [-0.1, -0.05) is 29.8 Å². The number of benzene rings is 2. The standard InChI is InChI=1S/C23H24ClF3N2O3/c1-31-18-6-4-17(5-7-18)21(29-10-12-32-13-11-29)15-28-22(30)9-3-16-2-8-20(24)19(14-16)23(25,26)27/h2-9,14,21H,10-13,15H2,1H3,(H,28,30)/b9-3+. The molecule has 0 saturated carbocycles. The maximum Gasteiger partial charge on any atom is 0.417 e. The summed E-state index contributed by atoms with van der Waals surface area (Å²) in [5.74, 6) is 0.336. The zero-order valence-electron chi connectivity index (χ0n) is 17.5. The van der Waals surface area contributed by atoms with E-state index in [9.17, 15) is 18.0 Å². The van der Waals surface area contributed by atoms with Crippen molar-refractivity contribution in [1.82, 2.24) is 10.2 Å². The van der Waals surface area contributed by atoms with E-state index in [1.54, 1.807) is 7.11 Å². The van der Waals surface area contributed by atoms with Crippen molar-refractivity contribution in [2.45, 2.75) is 12.2 Å². The van der Waals surface area contributed by atoms with Gasteiger partial charge in [0, 0.05) is 25.7 Å². The number of nitrogens with zero attached hydrogens (tertiary/aromatic N) is 1. The van der Waals surface area contributed by atoms with Crippen LogP contribution in [0.15, 0.2) is 48.5 Å². The van der Waals surface area contributed by atoms with Crippen molar-refractivity contribution in [3.63, 3.8) is 0 Å². The Morgan fingerprint density at radius 3 is 2.53 bits per heavy atom. The molecule has 5 nitrogen and oxygen atoms in total. The van der Waals surface area contributed by atoms with E-state index in [0.717, 1.165) is 30.5 Å². The van der Waals surface area contributed by atoms with Crippen molar-refractivity contribution in [3.05, 3.63) is 70.3 Å². The number of nitrogens with one attached hydrogen (secondary N) is 1. The SMILES string of the molecule is COc1ccc(C(CNC(=O)/C=C/c2ccc(Cl)c(C(F)(F)F)c2)N2CCOCC2)cc1. The van der Waals surface area contributed by atoms with Crippen LogP contribution in [0.25, 0.3) is 6.08 Å². The molecule has 3 rings (SSSR count). The topological polar surface area (TPSA) is 50.8 Å². The lowest BCUT2D eigenvalue weighted by molar-refractivity contribution is -0.137. The molecule has 0 aliphatic carbocycles. The highest BCUT2D eigenvalue weighted by atomic mass is 35.5. The minimum absolute atomic E-state index is 0.0745. The summed E-state index contributed by atoms with van der Waals surface area (Å²) in [5, 5.41) is 2.46. The number of hydrogen-bond donors (Lipinski definition) is 1. The molecule has 0 spiro atoms. The van der Waals surface area contributed by atoms with Crippen molar-refractivity contribution < 1.29 is 27.4 Å². The highest BCUT2D eigenvalue weighted by Gasteiger charge is 2.33. The van der Waals surface area contributed by atoms with Gasteiger partial charge in [-0.2, -0.15) is 13.2 Å². The van der Waals surface area contributed by atoms with Crippen molar-refractivity contribution in [3.8, 4) is 5.75 Å². The smallest absolute Gasteiger partial charge is 0.417 e. The van der Waals surface area contributed by atoms with Gasteiger partial charge in [-0.3, -0.25) is 9.69 Å². The van der Waals surface area contributed by atoms with Gasteiger partial charge in [0.2, 0.25) is 5.91 Å². The van der Waals surface area contributed by atoms with Crippen LogP contribution in [0.1, 0.15) is 22.7 Å². The van der Waals surface area contributed by atoms with E-state index in [1.165, 1.54) is 24.3 Å². The molecule has 1 N–H and O–H groups in total. The first-order chi connectivity index (χ1) is 15.3. The lowest BCUT2D eigenvalue weighted by Crippen LogP contribution is -2.43. The zero-order chi connectivity index (χ0) is 23.1. The molecule has 2 aromatic rings. The number of methoxy groups -OCH3 is 1. The van der Waals surface area contributed by atoms with Gasteiger partial charge in [0.15, 0.2) is 0 Å². The maximum absolute atomic E-state index is 13.0. The number of rotatable bonds is 7. The Morgan fingerprint density at radius 2 is 1.91 bits per heavy atom. The average molecular weight is 469 g/mol. The fraction of sp³-hybridized carbons (Fsp3) is 0.348. The van der Waals surface area contributed by atoms with Gasteiger partial charge in [0.25, 0.3) is 0 Å². The highest BCUT2D eigenvalue weighted by Crippen LogP contribution is 2.35. The van der Waals surface area contributed by atoms with E-state index in [0.29, 0.717) is 19.8 Å². The molecule has 32 heavy (non-hydrogen) atoms. The molecule has 1 unspecified atom stereocenters. The molecule has 1 aliphatic rings. The van der Waals surface area contributed by atoms with Gasteiger partial charge in [-0.25, -0.2) is 0 Å². The highest BCUT2D eigenvalue weighted by molar-refractivity contribution is 6.31. The van der Waals surface area contributed by atoms with Crippen LogP contribution < -0.4 is 10.1 Å². The molecule has 9 heteroatoms. The predicted molar refractivity (Wildman–Crippen MR) is 117 cm³/mol. The number of amides is 1. The maximum atomic E-state index is 13.0. The van der Waals surface area contributed by atoms with Crippen LogP contribution in [0, 0.1) is 0 Å². The number of morpholine rings is 1. The van der Waals surface area contributed by atoms with Crippen molar-refractivity contribution in [1.29, 1.82) is 0 Å². The van der Waals surface area contributed by atoms with Crippen LogP contribution in [0.5, 0.6) is 5.75 Å². The third kappa shape index (κ3) is 6.48. The van der Waals surface area contributed by atoms with Crippen molar-refractivity contribution >= 4 is 23.6 Å². The van der Waals surface area contributed by atoms with E-state index >= 15 is 0 Å². The Bertz CT molecular complexity index is 942. The molecule has 0 bridgehead atoms. The van der Waals surface area contributed by atoms with Gasteiger partial charge in [0.1, 0.15) is 5.75 Å². The Labute approximate surface area is 189 Å². The molecule has 1 amide bonds.